The van der Waals surface area contributed by atoms with Gasteiger partial charge in [-0.25, -0.2) is 9.97 Å². The van der Waals surface area contributed by atoms with E-state index in [-0.39, 0.29) is 0 Å². The molecule has 0 saturated heterocycles. The summed E-state index contributed by atoms with van der Waals surface area (Å²) in [5, 5.41) is 11.9. The number of fused-ring (bicyclic) bond motifs is 3. The molecule has 2 heterocycles. The van der Waals surface area contributed by atoms with Gasteiger partial charge >= 0.3 is 0 Å². The van der Waals surface area contributed by atoms with Gasteiger partial charge in [-0.05, 0) is 61.9 Å². The van der Waals surface area contributed by atoms with Gasteiger partial charge in [0.1, 0.15) is 17.9 Å². The number of ether oxygens (including phenoxy) is 1. The van der Waals surface area contributed by atoms with E-state index in [9.17, 15) is 5.11 Å². The highest BCUT2D eigenvalue weighted by Gasteiger charge is 2.24. The Kier molecular flexibility index (Phi) is 6.96. The minimum Gasteiger partial charge on any atom is -0.389 e. The van der Waals surface area contributed by atoms with Gasteiger partial charge in [0.05, 0.1) is 23.2 Å². The number of rotatable bonds is 9. The van der Waals surface area contributed by atoms with Crippen LogP contribution in [0.25, 0.3) is 21.9 Å². The number of imidazole rings is 1. The number of nitrogens with two attached hydrogens (primary N) is 1. The predicted octanol–water partition coefficient (Wildman–Crippen LogP) is 5.66. The van der Waals surface area contributed by atoms with Crippen molar-refractivity contribution >= 4 is 27.8 Å². The third-order valence-electron chi connectivity index (χ3n) is 6.60. The molecule has 6 heteroatoms. The van der Waals surface area contributed by atoms with Gasteiger partial charge in [-0.1, -0.05) is 66.7 Å². The van der Waals surface area contributed by atoms with E-state index in [4.69, 9.17) is 20.4 Å². The van der Waals surface area contributed by atoms with Crippen molar-refractivity contribution in [1.29, 1.82) is 0 Å². The SMILES string of the molecule is CCOCc1nc2c(N)nc3ccc(Cc4ccccc4)c(Cc4ccccc4)c3c2n1CC(C)(C)O. The number of nitrogen functional groups attached to an aromatic ring is 1. The molecule has 0 atom stereocenters. The Morgan fingerprint density at radius 3 is 2.16 bits per heavy atom. The van der Waals surface area contributed by atoms with Crippen LogP contribution in [0.2, 0.25) is 0 Å². The fourth-order valence-corrected chi connectivity index (χ4v) is 4.99. The highest BCUT2D eigenvalue weighted by atomic mass is 16.5. The van der Waals surface area contributed by atoms with E-state index in [0.29, 0.717) is 31.1 Å². The van der Waals surface area contributed by atoms with Gasteiger partial charge < -0.3 is 20.1 Å². The molecule has 0 amide bonds. The van der Waals surface area contributed by atoms with Crippen LogP contribution in [0, 0.1) is 0 Å². The van der Waals surface area contributed by atoms with Crippen LogP contribution in [0.5, 0.6) is 0 Å². The first-order valence-electron chi connectivity index (χ1n) is 12.8. The Hall–Kier alpha value is -3.74. The lowest BCUT2D eigenvalue weighted by Crippen LogP contribution is -2.27. The largest absolute Gasteiger partial charge is 0.389 e. The first kappa shape index (κ1) is 24.9. The van der Waals surface area contributed by atoms with Gasteiger partial charge in [-0.2, -0.15) is 0 Å². The molecule has 0 bridgehead atoms. The Labute approximate surface area is 217 Å². The Morgan fingerprint density at radius 1 is 0.892 bits per heavy atom. The fraction of sp³-hybridized carbons (Fsp3) is 0.290. The molecule has 0 aliphatic rings. The summed E-state index contributed by atoms with van der Waals surface area (Å²) in [6.07, 6.45) is 1.55. The minimum atomic E-state index is -0.958. The Bertz CT molecular complexity index is 1520. The molecule has 6 nitrogen and oxygen atoms in total. The maximum atomic E-state index is 10.9. The van der Waals surface area contributed by atoms with Crippen molar-refractivity contribution in [3.63, 3.8) is 0 Å². The molecule has 2 aromatic heterocycles. The van der Waals surface area contributed by atoms with E-state index in [1.807, 2.05) is 32.9 Å². The molecule has 0 saturated carbocycles. The molecule has 37 heavy (non-hydrogen) atoms. The second-order valence-corrected chi connectivity index (χ2v) is 10.2. The number of anilines is 1. The second-order valence-electron chi connectivity index (χ2n) is 10.2. The van der Waals surface area contributed by atoms with Crippen LogP contribution in [0.1, 0.15) is 48.8 Å². The van der Waals surface area contributed by atoms with Gasteiger partial charge in [0.15, 0.2) is 5.82 Å². The van der Waals surface area contributed by atoms with E-state index < -0.39 is 5.60 Å². The number of hydrogen-bond donors (Lipinski definition) is 2. The van der Waals surface area contributed by atoms with Crippen LogP contribution in [0.4, 0.5) is 5.82 Å². The number of nitrogens with zero attached hydrogens (tertiary/aromatic N) is 3. The summed E-state index contributed by atoms with van der Waals surface area (Å²) in [6.45, 7) is 6.84. The summed E-state index contributed by atoms with van der Waals surface area (Å²) in [6, 6.07) is 25.2. The van der Waals surface area contributed by atoms with Crippen LogP contribution in [0.3, 0.4) is 0 Å². The zero-order valence-corrected chi connectivity index (χ0v) is 21.7. The van der Waals surface area contributed by atoms with E-state index in [1.165, 1.54) is 22.3 Å². The van der Waals surface area contributed by atoms with E-state index >= 15 is 0 Å². The first-order valence-corrected chi connectivity index (χ1v) is 12.8. The predicted molar refractivity (Wildman–Crippen MR) is 150 cm³/mol. The molecule has 3 aromatic carbocycles. The molecule has 0 unspecified atom stereocenters. The van der Waals surface area contributed by atoms with Gasteiger partial charge in [-0.15, -0.1) is 0 Å². The van der Waals surface area contributed by atoms with Gasteiger partial charge in [0.2, 0.25) is 0 Å². The standard InChI is InChI=1S/C31H34N4O2/c1-4-37-19-26-34-28-29(35(26)20-31(2,3)36)27-24(18-22-13-9-6-10-14-22)23(15-16-25(27)33-30(28)32)17-21-11-7-5-8-12-21/h5-16,36H,4,17-20H2,1-3H3,(H2,32,33). The van der Waals surface area contributed by atoms with Crippen molar-refractivity contribution in [2.24, 2.45) is 0 Å². The molecular formula is C31H34N4O2. The van der Waals surface area contributed by atoms with Crippen molar-refractivity contribution in [1.82, 2.24) is 14.5 Å². The zero-order valence-electron chi connectivity index (χ0n) is 21.7. The molecule has 0 aliphatic carbocycles. The summed E-state index contributed by atoms with van der Waals surface area (Å²) < 4.78 is 7.83. The van der Waals surface area contributed by atoms with Gasteiger partial charge in [0.25, 0.3) is 0 Å². The van der Waals surface area contributed by atoms with Crippen LogP contribution in [0.15, 0.2) is 72.8 Å². The second kappa shape index (κ2) is 10.3. The number of pyridine rings is 1. The maximum Gasteiger partial charge on any atom is 0.152 e. The van der Waals surface area contributed by atoms with Crippen molar-refractivity contribution in [2.45, 2.75) is 52.4 Å². The zero-order chi connectivity index (χ0) is 26.0. The van der Waals surface area contributed by atoms with Crippen LogP contribution in [-0.4, -0.2) is 31.8 Å². The summed E-state index contributed by atoms with van der Waals surface area (Å²) in [5.41, 5.74) is 12.8. The summed E-state index contributed by atoms with van der Waals surface area (Å²) in [5.74, 6) is 1.12. The average Bonchev–Trinajstić information content (AvgIpc) is 3.22. The molecular weight excluding hydrogens is 460 g/mol. The number of aliphatic hydroxyl groups is 1. The first-order chi connectivity index (χ1) is 17.8. The van der Waals surface area contributed by atoms with Crippen molar-refractivity contribution in [3.8, 4) is 0 Å². The lowest BCUT2D eigenvalue weighted by Gasteiger charge is -2.22. The Morgan fingerprint density at radius 2 is 1.54 bits per heavy atom. The molecule has 5 rings (SSSR count). The number of hydrogen-bond acceptors (Lipinski definition) is 5. The smallest absolute Gasteiger partial charge is 0.152 e. The molecule has 0 spiro atoms. The van der Waals surface area contributed by atoms with Gasteiger partial charge in [-0.3, -0.25) is 0 Å². The molecule has 0 aliphatic heterocycles. The molecule has 3 N–H and O–H groups in total. The van der Waals surface area contributed by atoms with Crippen LogP contribution < -0.4 is 5.73 Å². The van der Waals surface area contributed by atoms with E-state index in [2.05, 4.69) is 65.2 Å². The van der Waals surface area contributed by atoms with Crippen molar-refractivity contribution in [2.75, 3.05) is 12.3 Å². The monoisotopic (exact) mass is 494 g/mol. The Balaban J connectivity index is 1.83. The lowest BCUT2D eigenvalue weighted by molar-refractivity contribution is 0.0582. The number of aromatic nitrogens is 3. The molecule has 0 radical (unpaired) electrons. The number of benzene rings is 3. The summed E-state index contributed by atoms with van der Waals surface area (Å²) in [7, 11) is 0. The summed E-state index contributed by atoms with van der Waals surface area (Å²) in [4.78, 5) is 9.67. The summed E-state index contributed by atoms with van der Waals surface area (Å²) >= 11 is 0. The lowest BCUT2D eigenvalue weighted by atomic mass is 9.91. The normalized spacial score (nSPS) is 12.0. The fourth-order valence-electron chi connectivity index (χ4n) is 4.99. The average molecular weight is 495 g/mol. The molecule has 5 aromatic rings. The van der Waals surface area contributed by atoms with Gasteiger partial charge in [0, 0.05) is 12.0 Å². The van der Waals surface area contributed by atoms with Crippen LogP contribution >= 0.6 is 0 Å². The molecule has 0 fully saturated rings. The topological polar surface area (TPSA) is 86.2 Å². The van der Waals surface area contributed by atoms with E-state index in [0.717, 1.165) is 35.1 Å². The van der Waals surface area contributed by atoms with Crippen molar-refractivity contribution in [3.05, 3.63) is 101 Å². The molecule has 190 valence electrons. The maximum absolute atomic E-state index is 10.9. The highest BCUT2D eigenvalue weighted by molar-refractivity contribution is 6.08. The van der Waals surface area contributed by atoms with Crippen LogP contribution in [-0.2, 0) is 30.7 Å². The third kappa shape index (κ3) is 5.36. The third-order valence-corrected chi connectivity index (χ3v) is 6.60. The minimum absolute atomic E-state index is 0.333. The van der Waals surface area contributed by atoms with E-state index in [1.54, 1.807) is 0 Å². The highest BCUT2D eigenvalue weighted by Crippen LogP contribution is 2.35. The van der Waals surface area contributed by atoms with Crippen molar-refractivity contribution < 1.29 is 9.84 Å². The quantitative estimate of drug-likeness (QED) is 0.276.